The molecule has 0 radical (unpaired) electrons. The smallest absolute Gasteiger partial charge is 0.213 e. The zero-order chi connectivity index (χ0) is 23.5. The maximum Gasteiger partial charge on any atom is 0.213 e. The lowest BCUT2D eigenvalue weighted by molar-refractivity contribution is 0.104. The van der Waals surface area contributed by atoms with E-state index in [1.807, 2.05) is 6.07 Å². The Labute approximate surface area is 192 Å². The SMILES string of the molecule is COc1cc(CC#Cc2ccc3c(c2)C(=O)/C(=C/c2ccc(F)c(F)c2)S(=O)N3C)ccn1. The molecule has 1 unspecified atom stereocenters. The van der Waals surface area contributed by atoms with Gasteiger partial charge in [0, 0.05) is 36.9 Å². The van der Waals surface area contributed by atoms with Gasteiger partial charge in [0.25, 0.3) is 0 Å². The first-order valence-corrected chi connectivity index (χ1v) is 11.0. The molecule has 166 valence electrons. The highest BCUT2D eigenvalue weighted by Crippen LogP contribution is 2.33. The molecule has 0 amide bonds. The maximum absolute atomic E-state index is 13.6. The molecule has 3 aromatic rings. The number of benzene rings is 2. The molecule has 1 aliphatic rings. The van der Waals surface area contributed by atoms with E-state index in [2.05, 4.69) is 16.8 Å². The van der Waals surface area contributed by atoms with Crippen LogP contribution >= 0.6 is 0 Å². The van der Waals surface area contributed by atoms with Gasteiger partial charge in [0.2, 0.25) is 11.7 Å². The Bertz CT molecular complexity index is 1380. The number of nitrogens with zero attached hydrogens (tertiary/aromatic N) is 2. The molecule has 33 heavy (non-hydrogen) atoms. The van der Waals surface area contributed by atoms with Gasteiger partial charge in [-0.1, -0.05) is 17.9 Å². The van der Waals surface area contributed by atoms with Gasteiger partial charge in [0.15, 0.2) is 22.6 Å². The number of methoxy groups -OCH3 is 1. The molecule has 8 heteroatoms. The van der Waals surface area contributed by atoms with Gasteiger partial charge in [0.1, 0.15) is 4.91 Å². The molecule has 0 saturated carbocycles. The van der Waals surface area contributed by atoms with Crippen LogP contribution in [0.2, 0.25) is 0 Å². The van der Waals surface area contributed by atoms with Crippen LogP contribution in [0.25, 0.3) is 6.08 Å². The van der Waals surface area contributed by atoms with Crippen molar-refractivity contribution in [3.63, 3.8) is 0 Å². The third-order valence-corrected chi connectivity index (χ3v) is 6.39. The second kappa shape index (κ2) is 9.35. The number of aromatic nitrogens is 1. The summed E-state index contributed by atoms with van der Waals surface area (Å²) in [6.07, 6.45) is 3.43. The van der Waals surface area contributed by atoms with Crippen molar-refractivity contribution in [3.8, 4) is 17.7 Å². The summed E-state index contributed by atoms with van der Waals surface area (Å²) in [6, 6.07) is 12.0. The van der Waals surface area contributed by atoms with Gasteiger partial charge in [0.05, 0.1) is 12.8 Å². The Balaban J connectivity index is 1.64. The van der Waals surface area contributed by atoms with Crippen LogP contribution in [0.4, 0.5) is 14.5 Å². The van der Waals surface area contributed by atoms with Crippen LogP contribution in [0.5, 0.6) is 5.88 Å². The number of carbonyl (C=O) groups excluding carboxylic acids is 1. The van der Waals surface area contributed by atoms with Crippen molar-refractivity contribution >= 4 is 28.5 Å². The largest absolute Gasteiger partial charge is 0.481 e. The number of fused-ring (bicyclic) bond motifs is 1. The van der Waals surface area contributed by atoms with Crippen LogP contribution in [0.1, 0.15) is 27.0 Å². The molecule has 1 atom stereocenters. The number of ketones is 1. The topological polar surface area (TPSA) is 59.5 Å². The van der Waals surface area contributed by atoms with Crippen LogP contribution in [0.3, 0.4) is 0 Å². The van der Waals surface area contributed by atoms with E-state index >= 15 is 0 Å². The van der Waals surface area contributed by atoms with Gasteiger partial charge in [-0.2, -0.15) is 0 Å². The highest BCUT2D eigenvalue weighted by molar-refractivity contribution is 7.91. The van der Waals surface area contributed by atoms with Gasteiger partial charge in [-0.25, -0.2) is 18.0 Å². The molecule has 1 aromatic heterocycles. The summed E-state index contributed by atoms with van der Waals surface area (Å²) in [7, 11) is 1.35. The van der Waals surface area contributed by atoms with Crippen LogP contribution in [-0.2, 0) is 17.4 Å². The summed E-state index contributed by atoms with van der Waals surface area (Å²) in [5.74, 6) is 4.11. The number of hydrogen-bond donors (Lipinski definition) is 0. The van der Waals surface area contributed by atoms with Gasteiger partial charge in [-0.05, 0) is 53.6 Å². The van der Waals surface area contributed by atoms with Crippen molar-refractivity contribution in [3.05, 3.63) is 93.5 Å². The van der Waals surface area contributed by atoms with Crippen LogP contribution in [0, 0.1) is 23.5 Å². The fourth-order valence-corrected chi connectivity index (χ4v) is 4.45. The first kappa shape index (κ1) is 22.4. The minimum absolute atomic E-state index is 0.0232. The molecular weight excluding hydrogens is 446 g/mol. The summed E-state index contributed by atoms with van der Waals surface area (Å²) < 4.78 is 46.2. The highest BCUT2D eigenvalue weighted by Gasteiger charge is 2.32. The van der Waals surface area contributed by atoms with Crippen molar-refractivity contribution in [2.75, 3.05) is 18.5 Å². The van der Waals surface area contributed by atoms with E-state index in [0.717, 1.165) is 17.7 Å². The zero-order valence-electron chi connectivity index (χ0n) is 17.8. The Morgan fingerprint density at radius 2 is 1.94 bits per heavy atom. The Morgan fingerprint density at radius 3 is 2.70 bits per heavy atom. The first-order chi connectivity index (χ1) is 15.9. The van der Waals surface area contributed by atoms with E-state index in [0.29, 0.717) is 29.1 Å². The number of ether oxygens (including phenoxy) is 1. The predicted octanol–water partition coefficient (Wildman–Crippen LogP) is 4.30. The number of pyridine rings is 1. The number of anilines is 1. The molecule has 0 aliphatic carbocycles. The lowest BCUT2D eigenvalue weighted by atomic mass is 10.0. The molecule has 0 bridgehead atoms. The molecular formula is C25H18F2N2O3S. The fourth-order valence-electron chi connectivity index (χ4n) is 3.31. The molecule has 0 spiro atoms. The second-order valence-electron chi connectivity index (χ2n) is 7.17. The molecule has 4 rings (SSSR count). The lowest BCUT2D eigenvalue weighted by Crippen LogP contribution is -2.31. The lowest BCUT2D eigenvalue weighted by Gasteiger charge is -2.27. The van der Waals surface area contributed by atoms with Crippen LogP contribution in [0.15, 0.2) is 59.6 Å². The highest BCUT2D eigenvalue weighted by atomic mass is 32.2. The summed E-state index contributed by atoms with van der Waals surface area (Å²) >= 11 is 0. The predicted molar refractivity (Wildman–Crippen MR) is 123 cm³/mol. The molecule has 2 heterocycles. The molecule has 2 aromatic carbocycles. The number of carbonyl (C=O) groups is 1. The number of allylic oxidation sites excluding steroid dienone is 1. The monoisotopic (exact) mass is 464 g/mol. The second-order valence-corrected chi connectivity index (χ2v) is 8.66. The average molecular weight is 464 g/mol. The van der Waals surface area contributed by atoms with E-state index < -0.39 is 28.4 Å². The molecule has 0 saturated heterocycles. The van der Waals surface area contributed by atoms with Crippen molar-refractivity contribution in [2.24, 2.45) is 0 Å². The van der Waals surface area contributed by atoms with Gasteiger partial charge >= 0.3 is 0 Å². The van der Waals surface area contributed by atoms with E-state index in [9.17, 15) is 17.8 Å². The number of rotatable bonds is 3. The van der Waals surface area contributed by atoms with Gasteiger partial charge in [-0.3, -0.25) is 9.10 Å². The Morgan fingerprint density at radius 1 is 1.12 bits per heavy atom. The minimum atomic E-state index is -1.79. The quantitative estimate of drug-likeness (QED) is 0.428. The van der Waals surface area contributed by atoms with E-state index in [1.165, 1.54) is 16.4 Å². The zero-order valence-corrected chi connectivity index (χ0v) is 18.6. The molecule has 0 fully saturated rings. The third-order valence-electron chi connectivity index (χ3n) is 5.02. The van der Waals surface area contributed by atoms with E-state index in [1.54, 1.807) is 44.6 Å². The van der Waals surface area contributed by atoms with Gasteiger partial charge < -0.3 is 4.74 Å². The number of halogens is 2. The third kappa shape index (κ3) is 4.69. The molecule has 0 N–H and O–H groups in total. The summed E-state index contributed by atoms with van der Waals surface area (Å²) in [5, 5.41) is 0. The minimum Gasteiger partial charge on any atom is -0.481 e. The van der Waals surface area contributed by atoms with E-state index in [4.69, 9.17) is 4.74 Å². The van der Waals surface area contributed by atoms with E-state index in [-0.39, 0.29) is 10.5 Å². The van der Waals surface area contributed by atoms with Crippen molar-refractivity contribution in [1.29, 1.82) is 0 Å². The Hall–Kier alpha value is -3.83. The van der Waals surface area contributed by atoms with Crippen molar-refractivity contribution < 1.29 is 22.5 Å². The summed E-state index contributed by atoms with van der Waals surface area (Å²) in [6.45, 7) is 0. The van der Waals surface area contributed by atoms with Crippen LogP contribution < -0.4 is 9.04 Å². The summed E-state index contributed by atoms with van der Waals surface area (Å²) in [4.78, 5) is 17.2. The fraction of sp³-hybridized carbons (Fsp3) is 0.120. The number of hydrogen-bond acceptors (Lipinski definition) is 4. The molecule has 5 nitrogen and oxygen atoms in total. The normalized spacial score (nSPS) is 16.2. The first-order valence-electron chi connectivity index (χ1n) is 9.86. The number of Topliss-reactive ketones (excluding diaryl/α,β-unsaturated/α-hetero) is 1. The van der Waals surface area contributed by atoms with Crippen molar-refractivity contribution in [1.82, 2.24) is 4.98 Å². The maximum atomic E-state index is 13.6. The Kier molecular flexibility index (Phi) is 6.33. The van der Waals surface area contributed by atoms with Crippen LogP contribution in [-0.4, -0.2) is 29.1 Å². The summed E-state index contributed by atoms with van der Waals surface area (Å²) in [5.41, 5.74) is 2.64. The van der Waals surface area contributed by atoms with Gasteiger partial charge in [-0.15, -0.1) is 0 Å². The standard InChI is InChI=1S/C25H18F2N2O3S/c1-29-22-9-7-16(4-3-5-17-10-11-28-24(15-17)32-2)12-19(22)25(30)23(33(29)31)14-18-6-8-20(26)21(27)13-18/h6-15H,5H2,1-2H3/b23-14-. The van der Waals surface area contributed by atoms with Crippen molar-refractivity contribution in [2.45, 2.75) is 6.42 Å². The average Bonchev–Trinajstić information content (AvgIpc) is 2.82. The molecule has 1 aliphatic heterocycles.